The molecule has 5 aromatic rings. The highest BCUT2D eigenvalue weighted by Gasteiger charge is 2.19. The Morgan fingerprint density at radius 1 is 0.892 bits per heavy atom. The van der Waals surface area contributed by atoms with Crippen LogP contribution in [0, 0.1) is 5.92 Å². The first kappa shape index (κ1) is 22.2. The van der Waals surface area contributed by atoms with Gasteiger partial charge in [0.15, 0.2) is 11.5 Å². The Balaban J connectivity index is 1.21. The Kier molecular flexibility index (Phi) is 5.68. The minimum absolute atomic E-state index is 0.664. The minimum atomic E-state index is 0.664. The largest absolute Gasteiger partial charge is 0.384 e. The number of nitrogens with one attached hydrogen (secondary N) is 3. The molecule has 0 spiro atoms. The van der Waals surface area contributed by atoms with Crippen LogP contribution in [0.5, 0.6) is 0 Å². The average molecular weight is 494 g/mol. The number of H-pyrrole nitrogens is 2. The van der Waals surface area contributed by atoms with E-state index in [0.29, 0.717) is 5.65 Å². The molecule has 0 aromatic carbocycles. The molecule has 0 amide bonds. The standard InChI is InChI=1S/C28H31N9/c1-4-8-37(9-5-1)24-17-30-16-23-26(24)34-28(33-23)25-22-11-20(14-32-27(22)36-35-25)19-10-21(15-29-13-19)31-12-18-6-2-3-7-18/h10-11,13-18,31H,1-9,12H2,(H,33,34)(H,32,35,36). The van der Waals surface area contributed by atoms with Gasteiger partial charge in [0.05, 0.1) is 34.7 Å². The highest BCUT2D eigenvalue weighted by atomic mass is 15.2. The van der Waals surface area contributed by atoms with Gasteiger partial charge in [-0.1, -0.05) is 12.8 Å². The van der Waals surface area contributed by atoms with E-state index >= 15 is 0 Å². The van der Waals surface area contributed by atoms with Crippen LogP contribution in [0.3, 0.4) is 0 Å². The van der Waals surface area contributed by atoms with Gasteiger partial charge in [-0.3, -0.25) is 15.1 Å². The molecule has 5 aromatic heterocycles. The van der Waals surface area contributed by atoms with Crippen LogP contribution < -0.4 is 10.2 Å². The molecule has 7 rings (SSSR count). The van der Waals surface area contributed by atoms with Crippen molar-refractivity contribution in [2.24, 2.45) is 5.92 Å². The Labute approximate surface area is 215 Å². The second-order valence-corrected chi connectivity index (χ2v) is 10.4. The summed E-state index contributed by atoms with van der Waals surface area (Å²) in [6.07, 6.45) is 18.5. The zero-order valence-corrected chi connectivity index (χ0v) is 20.9. The van der Waals surface area contributed by atoms with Gasteiger partial charge in [0.1, 0.15) is 11.2 Å². The molecule has 1 saturated heterocycles. The fourth-order valence-corrected chi connectivity index (χ4v) is 5.81. The zero-order chi connectivity index (χ0) is 24.6. The van der Waals surface area contributed by atoms with Crippen LogP contribution >= 0.6 is 0 Å². The van der Waals surface area contributed by atoms with Gasteiger partial charge < -0.3 is 15.2 Å². The van der Waals surface area contributed by atoms with E-state index in [1.165, 1.54) is 44.9 Å². The van der Waals surface area contributed by atoms with Crippen LogP contribution in [0.2, 0.25) is 0 Å². The monoisotopic (exact) mass is 493 g/mol. The van der Waals surface area contributed by atoms with Crippen LogP contribution in [-0.4, -0.2) is 54.8 Å². The van der Waals surface area contributed by atoms with E-state index in [1.807, 2.05) is 31.0 Å². The van der Waals surface area contributed by atoms with Crippen LogP contribution in [0.15, 0.2) is 43.1 Å². The summed E-state index contributed by atoms with van der Waals surface area (Å²) in [5, 5.41) is 12.1. The van der Waals surface area contributed by atoms with Crippen LogP contribution in [-0.2, 0) is 0 Å². The van der Waals surface area contributed by atoms with Gasteiger partial charge in [-0.15, -0.1) is 0 Å². The first-order valence-electron chi connectivity index (χ1n) is 13.4. The van der Waals surface area contributed by atoms with Crippen LogP contribution in [0.4, 0.5) is 11.4 Å². The topological polar surface area (TPSA) is 111 Å². The highest BCUT2D eigenvalue weighted by molar-refractivity contribution is 5.95. The number of aromatic nitrogens is 7. The summed E-state index contributed by atoms with van der Waals surface area (Å²) < 4.78 is 0. The maximum atomic E-state index is 5.00. The molecular formula is C28H31N9. The quantitative estimate of drug-likeness (QED) is 0.284. The van der Waals surface area contributed by atoms with E-state index < -0.39 is 0 Å². The molecule has 2 aliphatic rings. The van der Waals surface area contributed by atoms with Gasteiger partial charge in [-0.25, -0.2) is 9.97 Å². The maximum absolute atomic E-state index is 5.00. The molecule has 3 N–H and O–H groups in total. The van der Waals surface area contributed by atoms with Crippen molar-refractivity contribution in [1.82, 2.24) is 35.1 Å². The molecule has 0 atom stereocenters. The number of rotatable bonds is 6. The van der Waals surface area contributed by atoms with Crippen molar-refractivity contribution in [3.05, 3.63) is 43.1 Å². The zero-order valence-electron chi connectivity index (χ0n) is 20.9. The molecule has 1 aliphatic heterocycles. The van der Waals surface area contributed by atoms with Gasteiger partial charge in [0.2, 0.25) is 0 Å². The van der Waals surface area contributed by atoms with Crippen LogP contribution in [0.25, 0.3) is 44.7 Å². The van der Waals surface area contributed by atoms with Gasteiger partial charge >= 0.3 is 0 Å². The number of fused-ring (bicyclic) bond motifs is 2. The summed E-state index contributed by atoms with van der Waals surface area (Å²) in [5.74, 6) is 1.51. The maximum Gasteiger partial charge on any atom is 0.181 e. The van der Waals surface area contributed by atoms with Crippen LogP contribution in [0.1, 0.15) is 44.9 Å². The Hall–Kier alpha value is -4.01. The first-order chi connectivity index (χ1) is 18.3. The normalized spacial score (nSPS) is 16.7. The number of hydrogen-bond donors (Lipinski definition) is 3. The fourth-order valence-electron chi connectivity index (χ4n) is 5.81. The molecule has 1 aliphatic carbocycles. The number of aromatic amines is 2. The first-order valence-corrected chi connectivity index (χ1v) is 13.4. The number of pyridine rings is 3. The lowest BCUT2D eigenvalue weighted by Crippen LogP contribution is -2.29. The predicted molar refractivity (Wildman–Crippen MR) is 147 cm³/mol. The number of piperidine rings is 1. The smallest absolute Gasteiger partial charge is 0.181 e. The molecule has 0 unspecified atom stereocenters. The molecular weight excluding hydrogens is 462 g/mol. The summed E-state index contributed by atoms with van der Waals surface area (Å²) in [6, 6.07) is 4.28. The molecule has 1 saturated carbocycles. The van der Waals surface area contributed by atoms with Crippen molar-refractivity contribution in [2.75, 3.05) is 29.9 Å². The lowest BCUT2D eigenvalue weighted by atomic mass is 10.1. The van der Waals surface area contributed by atoms with Crippen molar-refractivity contribution >= 4 is 33.4 Å². The van der Waals surface area contributed by atoms with E-state index in [4.69, 9.17) is 4.98 Å². The van der Waals surface area contributed by atoms with E-state index in [0.717, 1.165) is 76.0 Å². The molecule has 9 heteroatoms. The molecule has 6 heterocycles. The van der Waals surface area contributed by atoms with Gasteiger partial charge in [-0.05, 0) is 50.2 Å². The lowest BCUT2D eigenvalue weighted by molar-refractivity contribution is 0.578. The molecule has 2 fully saturated rings. The van der Waals surface area contributed by atoms with Gasteiger partial charge in [0.25, 0.3) is 0 Å². The average Bonchev–Trinajstić information content (AvgIpc) is 3.71. The minimum Gasteiger partial charge on any atom is -0.384 e. The summed E-state index contributed by atoms with van der Waals surface area (Å²) in [4.78, 5) is 24.5. The second kappa shape index (κ2) is 9.46. The molecule has 37 heavy (non-hydrogen) atoms. The summed E-state index contributed by atoms with van der Waals surface area (Å²) >= 11 is 0. The van der Waals surface area contributed by atoms with Crippen molar-refractivity contribution in [2.45, 2.75) is 44.9 Å². The third-order valence-corrected chi connectivity index (χ3v) is 7.86. The highest BCUT2D eigenvalue weighted by Crippen LogP contribution is 2.33. The van der Waals surface area contributed by atoms with Crippen molar-refractivity contribution in [3.8, 4) is 22.6 Å². The van der Waals surface area contributed by atoms with E-state index in [1.54, 1.807) is 0 Å². The van der Waals surface area contributed by atoms with Crippen molar-refractivity contribution < 1.29 is 0 Å². The molecule has 188 valence electrons. The number of hydrogen-bond acceptors (Lipinski definition) is 7. The number of imidazole rings is 1. The molecule has 9 nitrogen and oxygen atoms in total. The van der Waals surface area contributed by atoms with E-state index in [-0.39, 0.29) is 0 Å². The second-order valence-electron chi connectivity index (χ2n) is 10.4. The lowest BCUT2D eigenvalue weighted by Gasteiger charge is -2.28. The third-order valence-electron chi connectivity index (χ3n) is 7.86. The Morgan fingerprint density at radius 2 is 1.73 bits per heavy atom. The van der Waals surface area contributed by atoms with Crippen molar-refractivity contribution in [3.63, 3.8) is 0 Å². The molecule has 0 radical (unpaired) electrons. The van der Waals surface area contributed by atoms with E-state index in [9.17, 15) is 0 Å². The summed E-state index contributed by atoms with van der Waals surface area (Å²) in [7, 11) is 0. The predicted octanol–water partition coefficient (Wildman–Crippen LogP) is 5.55. The molecule has 0 bridgehead atoms. The van der Waals surface area contributed by atoms with E-state index in [2.05, 4.69) is 52.5 Å². The Morgan fingerprint density at radius 3 is 2.62 bits per heavy atom. The number of nitrogens with zero attached hydrogens (tertiary/aromatic N) is 6. The van der Waals surface area contributed by atoms with Gasteiger partial charge in [0, 0.05) is 49.4 Å². The summed E-state index contributed by atoms with van der Waals surface area (Å²) in [6.45, 7) is 3.10. The number of anilines is 2. The fraction of sp³-hybridized carbons (Fsp3) is 0.393. The summed E-state index contributed by atoms with van der Waals surface area (Å²) in [5.41, 5.74) is 7.53. The van der Waals surface area contributed by atoms with Crippen molar-refractivity contribution in [1.29, 1.82) is 0 Å². The Bertz CT molecular complexity index is 1540. The third kappa shape index (κ3) is 4.28. The van der Waals surface area contributed by atoms with Gasteiger partial charge in [-0.2, -0.15) is 5.10 Å². The SMILES string of the molecule is c1ncc(-c2cnc3n[nH]c(-c4nc5c(N6CCCCC6)cncc5[nH]4)c3c2)cc1NCC1CCCC1.